The molecule has 0 saturated heterocycles. The number of primary sulfonamides is 1. The number of sulfonamides is 1. The van der Waals surface area contributed by atoms with Gasteiger partial charge in [0.15, 0.2) is 5.65 Å². The third-order valence-corrected chi connectivity index (χ3v) is 6.41. The third-order valence-electron chi connectivity index (χ3n) is 5.48. The summed E-state index contributed by atoms with van der Waals surface area (Å²) in [5.74, 6) is 1.22. The van der Waals surface area contributed by atoms with E-state index in [1.807, 2.05) is 19.1 Å². The van der Waals surface area contributed by atoms with E-state index in [9.17, 15) is 8.42 Å². The Labute approximate surface area is 190 Å². The summed E-state index contributed by atoms with van der Waals surface area (Å²) in [5.41, 5.74) is 12.4. The van der Waals surface area contributed by atoms with Gasteiger partial charge in [0, 0.05) is 35.2 Å². The van der Waals surface area contributed by atoms with Crippen LogP contribution in [0.15, 0.2) is 59.5 Å². The number of fused-ring (bicyclic) bond motifs is 2. The number of hydrogen-bond acceptors (Lipinski definition) is 6. The topological polar surface area (TPSA) is 156 Å². The Kier molecular flexibility index (Phi) is 5.12. The van der Waals surface area contributed by atoms with Gasteiger partial charge in [-0.3, -0.25) is 0 Å². The SMILES string of the molecule is Cc1nc2c(-c3cc4cc(CNCc5ccc(S(N)(=O)=O)cc5)ccc4[nH]3)cc(N)nc2[nH]1. The van der Waals surface area contributed by atoms with Crippen molar-refractivity contribution in [2.24, 2.45) is 5.14 Å². The second kappa shape index (κ2) is 8.00. The molecule has 5 rings (SSSR count). The molecule has 33 heavy (non-hydrogen) atoms. The number of aromatic nitrogens is 4. The molecule has 0 radical (unpaired) electrons. The molecule has 10 heteroatoms. The highest BCUT2D eigenvalue weighted by molar-refractivity contribution is 7.89. The number of rotatable bonds is 6. The summed E-state index contributed by atoms with van der Waals surface area (Å²) < 4.78 is 22.7. The normalized spacial score (nSPS) is 12.1. The van der Waals surface area contributed by atoms with E-state index < -0.39 is 10.0 Å². The number of benzene rings is 2. The van der Waals surface area contributed by atoms with Gasteiger partial charge in [-0.15, -0.1) is 0 Å². The van der Waals surface area contributed by atoms with Crippen molar-refractivity contribution in [3.63, 3.8) is 0 Å². The average molecular weight is 462 g/mol. The van der Waals surface area contributed by atoms with Crippen molar-refractivity contribution in [3.05, 3.63) is 71.5 Å². The van der Waals surface area contributed by atoms with E-state index in [0.717, 1.165) is 44.6 Å². The van der Waals surface area contributed by atoms with Gasteiger partial charge in [0.1, 0.15) is 17.2 Å². The van der Waals surface area contributed by atoms with Crippen molar-refractivity contribution < 1.29 is 8.42 Å². The number of nitrogens with one attached hydrogen (secondary N) is 3. The number of nitrogen functional groups attached to an aromatic ring is 1. The summed E-state index contributed by atoms with van der Waals surface area (Å²) in [6, 6.07) is 16.7. The summed E-state index contributed by atoms with van der Waals surface area (Å²) in [7, 11) is -3.68. The van der Waals surface area contributed by atoms with Crippen molar-refractivity contribution in [1.82, 2.24) is 25.3 Å². The average Bonchev–Trinajstić information content (AvgIpc) is 3.35. The fraction of sp³-hybridized carbons (Fsp3) is 0.130. The lowest BCUT2D eigenvalue weighted by Gasteiger charge is -2.06. The standard InChI is InChI=1S/C23H23N7O2S/c1-13-27-22-18(10-21(24)30-23(22)28-13)20-9-16-8-15(4-7-19(16)29-20)12-26-11-14-2-5-17(6-3-14)33(25,31)32/h2-10,26,29H,11-12H2,1H3,(H2,25,31,32)(H3,24,27,28,30). The van der Waals surface area contributed by atoms with Crippen LogP contribution in [-0.2, 0) is 23.1 Å². The number of imidazole rings is 1. The summed E-state index contributed by atoms with van der Waals surface area (Å²) in [4.78, 5) is 15.6. The molecule has 5 aromatic rings. The Morgan fingerprint density at radius 3 is 2.42 bits per heavy atom. The maximum atomic E-state index is 11.4. The molecule has 7 N–H and O–H groups in total. The van der Waals surface area contributed by atoms with Gasteiger partial charge in [-0.2, -0.15) is 0 Å². The smallest absolute Gasteiger partial charge is 0.238 e. The van der Waals surface area contributed by atoms with Crippen molar-refractivity contribution >= 4 is 37.9 Å². The minimum atomic E-state index is -3.68. The zero-order valence-electron chi connectivity index (χ0n) is 17.9. The molecule has 3 aromatic heterocycles. The van der Waals surface area contributed by atoms with E-state index >= 15 is 0 Å². The first-order valence-corrected chi connectivity index (χ1v) is 11.9. The number of hydrogen-bond donors (Lipinski definition) is 5. The molecule has 0 bridgehead atoms. The van der Waals surface area contributed by atoms with Gasteiger partial charge in [-0.25, -0.2) is 23.5 Å². The lowest BCUT2D eigenvalue weighted by atomic mass is 10.1. The Morgan fingerprint density at radius 1 is 0.939 bits per heavy atom. The minimum Gasteiger partial charge on any atom is -0.384 e. The van der Waals surface area contributed by atoms with E-state index in [1.165, 1.54) is 12.1 Å². The molecule has 0 aliphatic carbocycles. The summed E-state index contributed by atoms with van der Waals surface area (Å²) in [5, 5.41) is 9.61. The highest BCUT2D eigenvalue weighted by Crippen LogP contribution is 2.30. The van der Waals surface area contributed by atoms with Crippen molar-refractivity contribution in [1.29, 1.82) is 0 Å². The molecule has 0 saturated carbocycles. The maximum absolute atomic E-state index is 11.4. The van der Waals surface area contributed by atoms with E-state index in [0.29, 0.717) is 24.6 Å². The first-order valence-electron chi connectivity index (χ1n) is 10.3. The molecule has 0 aliphatic rings. The number of aryl methyl sites for hydroxylation is 1. The second-order valence-electron chi connectivity index (χ2n) is 8.01. The van der Waals surface area contributed by atoms with Crippen molar-refractivity contribution in [2.45, 2.75) is 24.9 Å². The Hall–Kier alpha value is -3.73. The van der Waals surface area contributed by atoms with Crippen LogP contribution >= 0.6 is 0 Å². The molecule has 9 nitrogen and oxygen atoms in total. The molecular formula is C23H23N7O2S. The van der Waals surface area contributed by atoms with Gasteiger partial charge in [0.25, 0.3) is 0 Å². The molecule has 2 aromatic carbocycles. The van der Waals surface area contributed by atoms with Crippen LogP contribution in [0.5, 0.6) is 0 Å². The van der Waals surface area contributed by atoms with Crippen LogP contribution in [0, 0.1) is 6.92 Å². The molecule has 3 heterocycles. The predicted molar refractivity (Wildman–Crippen MR) is 129 cm³/mol. The maximum Gasteiger partial charge on any atom is 0.238 e. The number of H-pyrrole nitrogens is 2. The second-order valence-corrected chi connectivity index (χ2v) is 9.57. The number of pyridine rings is 1. The van der Waals surface area contributed by atoms with E-state index in [1.54, 1.807) is 12.1 Å². The first-order chi connectivity index (χ1) is 15.8. The molecule has 0 atom stereocenters. The van der Waals surface area contributed by atoms with Crippen LogP contribution in [0.2, 0.25) is 0 Å². The number of nitrogens with zero attached hydrogens (tertiary/aromatic N) is 2. The Bertz CT molecular complexity index is 1580. The molecule has 0 amide bonds. The van der Waals surface area contributed by atoms with Gasteiger partial charge >= 0.3 is 0 Å². The van der Waals surface area contributed by atoms with Crippen LogP contribution in [0.4, 0.5) is 5.82 Å². The third kappa shape index (κ3) is 4.31. The molecule has 0 fully saturated rings. The number of aromatic amines is 2. The van der Waals surface area contributed by atoms with Gasteiger partial charge < -0.3 is 21.0 Å². The summed E-state index contributed by atoms with van der Waals surface area (Å²) in [6.07, 6.45) is 0. The minimum absolute atomic E-state index is 0.109. The molecule has 0 unspecified atom stereocenters. The predicted octanol–water partition coefficient (Wildman–Crippen LogP) is 2.93. The summed E-state index contributed by atoms with van der Waals surface area (Å²) >= 11 is 0. The van der Waals surface area contributed by atoms with Crippen LogP contribution in [-0.4, -0.2) is 28.4 Å². The molecular weight excluding hydrogens is 438 g/mol. The van der Waals surface area contributed by atoms with Gasteiger partial charge in [0.05, 0.1) is 4.90 Å². The van der Waals surface area contributed by atoms with Crippen LogP contribution in [0.3, 0.4) is 0 Å². The Balaban J connectivity index is 1.34. The highest BCUT2D eigenvalue weighted by Gasteiger charge is 2.13. The van der Waals surface area contributed by atoms with E-state index in [-0.39, 0.29) is 4.90 Å². The van der Waals surface area contributed by atoms with Gasteiger partial charge in [-0.05, 0) is 54.4 Å². The highest BCUT2D eigenvalue weighted by atomic mass is 32.2. The fourth-order valence-corrected chi connectivity index (χ4v) is 4.43. The largest absolute Gasteiger partial charge is 0.384 e. The van der Waals surface area contributed by atoms with Crippen molar-refractivity contribution in [3.8, 4) is 11.3 Å². The molecule has 168 valence electrons. The van der Waals surface area contributed by atoms with Crippen LogP contribution < -0.4 is 16.2 Å². The number of anilines is 1. The zero-order valence-corrected chi connectivity index (χ0v) is 18.7. The fourth-order valence-electron chi connectivity index (χ4n) is 3.92. The quantitative estimate of drug-likeness (QED) is 0.262. The van der Waals surface area contributed by atoms with Gasteiger partial charge in [-0.1, -0.05) is 18.2 Å². The monoisotopic (exact) mass is 461 g/mol. The molecule has 0 spiro atoms. The molecule has 0 aliphatic heterocycles. The van der Waals surface area contributed by atoms with Crippen LogP contribution in [0.1, 0.15) is 17.0 Å². The lowest BCUT2D eigenvalue weighted by molar-refractivity contribution is 0.597. The summed E-state index contributed by atoms with van der Waals surface area (Å²) in [6.45, 7) is 3.16. The van der Waals surface area contributed by atoms with E-state index in [2.05, 4.69) is 43.5 Å². The van der Waals surface area contributed by atoms with Crippen molar-refractivity contribution in [2.75, 3.05) is 5.73 Å². The first kappa shape index (κ1) is 21.1. The Morgan fingerprint density at radius 2 is 1.67 bits per heavy atom. The van der Waals surface area contributed by atoms with Gasteiger partial charge in [0.2, 0.25) is 10.0 Å². The zero-order chi connectivity index (χ0) is 23.2. The van der Waals surface area contributed by atoms with Crippen LogP contribution in [0.25, 0.3) is 33.3 Å². The number of nitrogens with two attached hydrogens (primary N) is 2. The van der Waals surface area contributed by atoms with E-state index in [4.69, 9.17) is 10.9 Å². The lowest BCUT2D eigenvalue weighted by Crippen LogP contribution is -2.14.